The van der Waals surface area contributed by atoms with Gasteiger partial charge in [-0.25, -0.2) is 0 Å². The van der Waals surface area contributed by atoms with Crippen LogP contribution in [0.4, 0.5) is 18.9 Å². The van der Waals surface area contributed by atoms with Gasteiger partial charge in [0.25, 0.3) is 0 Å². The van der Waals surface area contributed by atoms with Crippen molar-refractivity contribution in [2.24, 2.45) is 4.99 Å². The summed E-state index contributed by atoms with van der Waals surface area (Å²) >= 11 is 0. The van der Waals surface area contributed by atoms with Crippen LogP contribution in [0.25, 0.3) is 0 Å². The summed E-state index contributed by atoms with van der Waals surface area (Å²) in [4.78, 5) is 4.48. The highest BCUT2D eigenvalue weighted by molar-refractivity contribution is 6.14. The predicted molar refractivity (Wildman–Crippen MR) is 78.2 cm³/mol. The van der Waals surface area contributed by atoms with Gasteiger partial charge in [0, 0.05) is 23.4 Å². The van der Waals surface area contributed by atoms with Gasteiger partial charge < -0.3 is 10.5 Å². The van der Waals surface area contributed by atoms with Crippen LogP contribution in [0.2, 0.25) is 0 Å². The summed E-state index contributed by atoms with van der Waals surface area (Å²) in [6, 6.07) is 11.6. The number of halogens is 3. The number of nitrogens with zero attached hydrogens (tertiary/aromatic N) is 1. The van der Waals surface area contributed by atoms with E-state index in [1.807, 2.05) is 12.1 Å². The van der Waals surface area contributed by atoms with Crippen molar-refractivity contribution in [1.29, 1.82) is 0 Å². The van der Waals surface area contributed by atoms with E-state index in [1.54, 1.807) is 18.2 Å². The molecule has 0 saturated heterocycles. The minimum absolute atomic E-state index is 0.208. The Morgan fingerprint density at radius 2 is 1.91 bits per heavy atom. The number of hydrogen-bond acceptors (Lipinski definition) is 3. The van der Waals surface area contributed by atoms with E-state index in [1.165, 1.54) is 12.1 Å². The highest BCUT2D eigenvalue weighted by atomic mass is 19.4. The molecule has 1 heterocycles. The fraction of sp³-hybridized carbons (Fsp3) is 0.188. The van der Waals surface area contributed by atoms with E-state index >= 15 is 0 Å². The smallest absolute Gasteiger partial charge is 0.406 e. The summed E-state index contributed by atoms with van der Waals surface area (Å²) in [5, 5.41) is 0. The maximum atomic E-state index is 12.3. The van der Waals surface area contributed by atoms with Gasteiger partial charge >= 0.3 is 6.36 Å². The van der Waals surface area contributed by atoms with Gasteiger partial charge in [0.15, 0.2) is 0 Å². The van der Waals surface area contributed by atoms with E-state index in [2.05, 4.69) is 9.73 Å². The third kappa shape index (κ3) is 3.05. The number of benzene rings is 2. The number of hydrogen-bond donors (Lipinski definition) is 1. The number of ether oxygens (including phenoxy) is 1. The lowest BCUT2D eigenvalue weighted by atomic mass is 9.93. The summed E-state index contributed by atoms with van der Waals surface area (Å²) in [5.41, 5.74) is 9.59. The first-order chi connectivity index (χ1) is 10.4. The fourth-order valence-corrected chi connectivity index (χ4v) is 2.51. The molecule has 0 unspecified atom stereocenters. The molecule has 0 bridgehead atoms. The molecule has 0 radical (unpaired) electrons. The zero-order chi connectivity index (χ0) is 15.7. The lowest BCUT2D eigenvalue weighted by Gasteiger charge is -2.19. The average Bonchev–Trinajstić information content (AvgIpc) is 2.44. The number of alkyl halides is 3. The van der Waals surface area contributed by atoms with Gasteiger partial charge in [-0.2, -0.15) is 0 Å². The molecule has 0 amide bonds. The van der Waals surface area contributed by atoms with Gasteiger partial charge in [-0.15, -0.1) is 13.2 Å². The molecule has 1 aliphatic heterocycles. The lowest BCUT2D eigenvalue weighted by Crippen LogP contribution is -2.19. The third-order valence-corrected chi connectivity index (χ3v) is 3.38. The standard InChI is InChI=1S/C16H13F3N2O/c17-16(18,19)22-13-4-5-14-10(9-13)6-7-21-15(14)11-2-1-3-12(20)8-11/h1-5,8-9H,6-7,20H2. The zero-order valence-corrected chi connectivity index (χ0v) is 11.5. The minimum Gasteiger partial charge on any atom is -0.406 e. The van der Waals surface area contributed by atoms with Gasteiger partial charge in [0.05, 0.1) is 5.71 Å². The van der Waals surface area contributed by atoms with Crippen molar-refractivity contribution in [3.05, 3.63) is 59.2 Å². The monoisotopic (exact) mass is 306 g/mol. The highest BCUT2D eigenvalue weighted by Crippen LogP contribution is 2.28. The van der Waals surface area contributed by atoms with Gasteiger partial charge in [-0.3, -0.25) is 4.99 Å². The molecular formula is C16H13F3N2O. The Kier molecular flexibility index (Phi) is 3.52. The van der Waals surface area contributed by atoms with Crippen molar-refractivity contribution < 1.29 is 17.9 Å². The molecule has 0 atom stereocenters. The summed E-state index contributed by atoms with van der Waals surface area (Å²) in [7, 11) is 0. The molecule has 2 N–H and O–H groups in total. The summed E-state index contributed by atoms with van der Waals surface area (Å²) < 4.78 is 40.9. The van der Waals surface area contributed by atoms with Crippen molar-refractivity contribution in [3.63, 3.8) is 0 Å². The molecule has 2 aromatic rings. The maximum Gasteiger partial charge on any atom is 0.573 e. The van der Waals surface area contributed by atoms with E-state index in [-0.39, 0.29) is 5.75 Å². The molecule has 114 valence electrons. The number of nitrogen functional groups attached to an aromatic ring is 1. The molecule has 22 heavy (non-hydrogen) atoms. The molecule has 0 fully saturated rings. The Morgan fingerprint density at radius 1 is 1.09 bits per heavy atom. The van der Waals surface area contributed by atoms with Crippen LogP contribution in [0.1, 0.15) is 16.7 Å². The minimum atomic E-state index is -4.69. The Balaban J connectivity index is 1.98. The van der Waals surface area contributed by atoms with Crippen molar-refractivity contribution in [3.8, 4) is 5.75 Å². The highest BCUT2D eigenvalue weighted by Gasteiger charge is 2.31. The van der Waals surface area contributed by atoms with Gasteiger partial charge in [0.1, 0.15) is 5.75 Å². The maximum absolute atomic E-state index is 12.3. The number of anilines is 1. The summed E-state index contributed by atoms with van der Waals surface area (Å²) in [6.45, 7) is 0.520. The van der Waals surface area contributed by atoms with Crippen LogP contribution < -0.4 is 10.5 Å². The summed E-state index contributed by atoms with van der Waals surface area (Å²) in [6.07, 6.45) is -4.11. The van der Waals surface area contributed by atoms with Crippen molar-refractivity contribution in [2.75, 3.05) is 12.3 Å². The van der Waals surface area contributed by atoms with E-state index in [9.17, 15) is 13.2 Å². The first-order valence-corrected chi connectivity index (χ1v) is 6.72. The Bertz CT molecular complexity index is 738. The molecule has 3 rings (SSSR count). The number of rotatable bonds is 2. The molecule has 2 aromatic carbocycles. The number of nitrogens with two attached hydrogens (primary N) is 1. The van der Waals surface area contributed by atoms with E-state index in [0.29, 0.717) is 18.7 Å². The van der Waals surface area contributed by atoms with Crippen molar-refractivity contribution >= 4 is 11.4 Å². The molecule has 3 nitrogen and oxygen atoms in total. The Morgan fingerprint density at radius 3 is 2.64 bits per heavy atom. The van der Waals surface area contributed by atoms with E-state index in [4.69, 9.17) is 5.73 Å². The van der Waals surface area contributed by atoms with Crippen LogP contribution in [0.3, 0.4) is 0 Å². The normalized spacial score (nSPS) is 14.2. The second-order valence-corrected chi connectivity index (χ2v) is 4.97. The predicted octanol–water partition coefficient (Wildman–Crippen LogP) is 3.56. The Hall–Kier alpha value is -2.50. The second-order valence-electron chi connectivity index (χ2n) is 4.97. The van der Waals surface area contributed by atoms with Crippen LogP contribution in [-0.4, -0.2) is 18.6 Å². The van der Waals surface area contributed by atoms with Crippen LogP contribution in [0, 0.1) is 0 Å². The van der Waals surface area contributed by atoms with Crippen LogP contribution in [-0.2, 0) is 6.42 Å². The molecule has 0 saturated carbocycles. The third-order valence-electron chi connectivity index (χ3n) is 3.38. The van der Waals surface area contributed by atoms with E-state index in [0.717, 1.165) is 22.4 Å². The average molecular weight is 306 g/mol. The fourth-order valence-electron chi connectivity index (χ4n) is 2.51. The molecule has 1 aliphatic rings. The van der Waals surface area contributed by atoms with Crippen LogP contribution in [0.15, 0.2) is 47.5 Å². The topological polar surface area (TPSA) is 47.6 Å². The van der Waals surface area contributed by atoms with Crippen molar-refractivity contribution in [1.82, 2.24) is 0 Å². The molecular weight excluding hydrogens is 293 g/mol. The quantitative estimate of drug-likeness (QED) is 0.862. The first-order valence-electron chi connectivity index (χ1n) is 6.72. The van der Waals surface area contributed by atoms with Crippen molar-refractivity contribution in [2.45, 2.75) is 12.8 Å². The van der Waals surface area contributed by atoms with Crippen LogP contribution >= 0.6 is 0 Å². The van der Waals surface area contributed by atoms with Gasteiger partial charge in [-0.05, 0) is 42.3 Å². The molecule has 6 heteroatoms. The molecule has 0 aliphatic carbocycles. The number of aliphatic imine (C=N–C) groups is 1. The van der Waals surface area contributed by atoms with E-state index < -0.39 is 6.36 Å². The largest absolute Gasteiger partial charge is 0.573 e. The summed E-state index contributed by atoms with van der Waals surface area (Å²) in [5.74, 6) is -0.208. The second kappa shape index (κ2) is 5.36. The van der Waals surface area contributed by atoms with Crippen LogP contribution in [0.5, 0.6) is 5.75 Å². The first kappa shape index (κ1) is 14.4. The lowest BCUT2D eigenvalue weighted by molar-refractivity contribution is -0.274. The van der Waals surface area contributed by atoms with Gasteiger partial charge in [0.2, 0.25) is 0 Å². The number of fused-ring (bicyclic) bond motifs is 1. The molecule has 0 spiro atoms. The Labute approximate surface area is 125 Å². The molecule has 0 aromatic heterocycles. The van der Waals surface area contributed by atoms with Gasteiger partial charge in [-0.1, -0.05) is 12.1 Å². The zero-order valence-electron chi connectivity index (χ0n) is 11.5. The SMILES string of the molecule is Nc1cccc(C2=NCCc3cc(OC(F)(F)F)ccc32)c1.